The molecule has 2 unspecified atom stereocenters. The van der Waals surface area contributed by atoms with Gasteiger partial charge in [0.25, 0.3) is 0 Å². The molecule has 1 rings (SSSR count). The second-order valence-electron chi connectivity index (χ2n) is 4.08. The van der Waals surface area contributed by atoms with E-state index < -0.39 is 0 Å². The second kappa shape index (κ2) is 3.87. The van der Waals surface area contributed by atoms with Crippen LogP contribution in [0.2, 0.25) is 0 Å². The van der Waals surface area contributed by atoms with Crippen LogP contribution < -0.4 is 0 Å². The highest BCUT2D eigenvalue weighted by Crippen LogP contribution is 2.22. The number of rotatable bonds is 3. The first-order chi connectivity index (χ1) is 6.41. The topological polar surface area (TPSA) is 37.4 Å². The van der Waals surface area contributed by atoms with E-state index in [1.165, 1.54) is 0 Å². The summed E-state index contributed by atoms with van der Waals surface area (Å²) in [4.78, 5) is 23.2. The number of carbonyl (C=O) groups excluding carboxylic acids is 2. The van der Waals surface area contributed by atoms with Crippen molar-refractivity contribution < 1.29 is 14.1 Å². The molecule has 1 fully saturated rings. The number of quaternary nitrogens is 1. The zero-order valence-electron chi connectivity index (χ0n) is 8.79. The lowest BCUT2D eigenvalue weighted by Crippen LogP contribution is -2.51. The fourth-order valence-corrected chi connectivity index (χ4v) is 1.89. The molecule has 0 aliphatic carbocycles. The predicted octanol–water partition coefficient (Wildman–Crippen LogP) is 1.60. The van der Waals surface area contributed by atoms with E-state index in [-0.39, 0.29) is 23.0 Å². The summed E-state index contributed by atoms with van der Waals surface area (Å²) < 4.78 is 0.795. The van der Waals surface area contributed by atoms with Crippen LogP contribution in [0.5, 0.6) is 0 Å². The van der Waals surface area contributed by atoms with Gasteiger partial charge in [0.05, 0.1) is 13.6 Å². The molecule has 2 atom stereocenters. The van der Waals surface area contributed by atoms with Gasteiger partial charge in [-0.15, -0.1) is 0 Å². The van der Waals surface area contributed by atoms with Crippen molar-refractivity contribution in [3.63, 3.8) is 0 Å². The maximum atomic E-state index is 11.6. The Labute approximate surface area is 89.1 Å². The molecule has 1 heterocycles. The van der Waals surface area contributed by atoms with E-state index in [1.54, 1.807) is 7.05 Å². The highest BCUT2D eigenvalue weighted by molar-refractivity contribution is 6.23. The maximum Gasteiger partial charge on any atom is 0.441 e. The van der Waals surface area contributed by atoms with Gasteiger partial charge >= 0.3 is 11.9 Å². The number of nitrogens with zero attached hydrogens (tertiary/aromatic N) is 2. The number of likely N-dealkylation sites (N-methyl/N-ethyl adjacent to an activating group) is 1. The Bertz CT molecular complexity index is 270. The van der Waals surface area contributed by atoms with Crippen molar-refractivity contribution >= 4 is 23.7 Å². The first kappa shape index (κ1) is 11.5. The first-order valence-corrected chi connectivity index (χ1v) is 5.12. The van der Waals surface area contributed by atoms with E-state index in [4.69, 9.17) is 11.8 Å². The normalized spacial score (nSPS) is 29.9. The van der Waals surface area contributed by atoms with E-state index in [0.717, 1.165) is 10.8 Å². The maximum absolute atomic E-state index is 11.6. The summed E-state index contributed by atoms with van der Waals surface area (Å²) in [7, 11) is 1.64. The third kappa shape index (κ3) is 1.77. The Morgan fingerprint density at radius 1 is 1.57 bits per heavy atom. The van der Waals surface area contributed by atoms with E-state index in [2.05, 4.69) is 0 Å². The van der Waals surface area contributed by atoms with Crippen molar-refractivity contribution in [3.8, 4) is 0 Å². The quantitative estimate of drug-likeness (QED) is 0.411. The Balaban J connectivity index is 2.82. The average Bonchev–Trinajstić information content (AvgIpc) is 2.31. The molecular weight excluding hydrogens is 204 g/mol. The standard InChI is InChI=1S/C9H16ClN2O2/c1-4-7(2)6-12(3)8(13)5-11(10)9(12)14/h7H,4-6H2,1-3H3/q+1. The van der Waals surface area contributed by atoms with Crippen LogP contribution in [-0.2, 0) is 4.79 Å². The minimum absolute atomic E-state index is 0.0212. The summed E-state index contributed by atoms with van der Waals surface area (Å²) >= 11 is 5.62. The van der Waals surface area contributed by atoms with Crippen LogP contribution in [0.15, 0.2) is 0 Å². The molecule has 0 bridgehead atoms. The Hall–Kier alpha value is -0.610. The van der Waals surface area contributed by atoms with E-state index in [0.29, 0.717) is 12.5 Å². The van der Waals surface area contributed by atoms with Gasteiger partial charge in [-0.3, -0.25) is 0 Å². The van der Waals surface area contributed by atoms with Crippen LogP contribution in [0.3, 0.4) is 0 Å². The molecule has 1 saturated heterocycles. The van der Waals surface area contributed by atoms with Gasteiger partial charge in [-0.05, 0) is 6.42 Å². The molecule has 0 aromatic rings. The highest BCUT2D eigenvalue weighted by Gasteiger charge is 2.51. The summed E-state index contributed by atoms with van der Waals surface area (Å²) in [5, 5.41) is 0. The van der Waals surface area contributed by atoms with Gasteiger partial charge in [0.15, 0.2) is 6.54 Å². The lowest BCUT2D eigenvalue weighted by Gasteiger charge is -2.24. The number of hydrogen-bond acceptors (Lipinski definition) is 2. The largest absolute Gasteiger partial charge is 0.441 e. The third-order valence-corrected chi connectivity index (χ3v) is 3.09. The molecule has 0 spiro atoms. The van der Waals surface area contributed by atoms with Crippen LogP contribution in [-0.4, -0.2) is 41.0 Å². The first-order valence-electron chi connectivity index (χ1n) is 4.78. The van der Waals surface area contributed by atoms with Gasteiger partial charge in [0.2, 0.25) is 0 Å². The third-order valence-electron chi connectivity index (χ3n) is 2.83. The molecule has 5 heteroatoms. The molecule has 0 N–H and O–H groups in total. The lowest BCUT2D eigenvalue weighted by molar-refractivity contribution is -0.750. The SMILES string of the molecule is CCC(C)C[N+]1(C)C(=O)CN(Cl)C1=O. The van der Waals surface area contributed by atoms with Crippen LogP contribution in [0.25, 0.3) is 0 Å². The monoisotopic (exact) mass is 219 g/mol. The molecule has 4 nitrogen and oxygen atoms in total. The number of carbonyl (C=O) groups is 2. The Morgan fingerprint density at radius 2 is 2.14 bits per heavy atom. The van der Waals surface area contributed by atoms with Gasteiger partial charge in [-0.25, -0.2) is 9.59 Å². The second-order valence-corrected chi connectivity index (χ2v) is 4.49. The van der Waals surface area contributed by atoms with Gasteiger partial charge < -0.3 is 0 Å². The molecule has 1 aliphatic rings. The van der Waals surface area contributed by atoms with Crippen molar-refractivity contribution in [1.29, 1.82) is 0 Å². The number of imide groups is 1. The summed E-state index contributed by atoms with van der Waals surface area (Å²) in [6.07, 6.45) is 0.955. The van der Waals surface area contributed by atoms with Gasteiger partial charge in [-0.2, -0.15) is 8.90 Å². The van der Waals surface area contributed by atoms with E-state index >= 15 is 0 Å². The van der Waals surface area contributed by atoms with Gasteiger partial charge in [0, 0.05) is 17.7 Å². The molecule has 80 valence electrons. The van der Waals surface area contributed by atoms with Crippen molar-refractivity contribution in [1.82, 2.24) is 4.42 Å². The molecule has 0 aromatic carbocycles. The van der Waals surface area contributed by atoms with Crippen LogP contribution >= 0.6 is 11.8 Å². The van der Waals surface area contributed by atoms with Crippen molar-refractivity contribution in [2.45, 2.75) is 20.3 Å². The number of hydrogen-bond donors (Lipinski definition) is 0. The Morgan fingerprint density at radius 3 is 2.50 bits per heavy atom. The van der Waals surface area contributed by atoms with E-state index in [1.807, 2.05) is 13.8 Å². The van der Waals surface area contributed by atoms with Crippen molar-refractivity contribution in [2.24, 2.45) is 5.92 Å². The molecule has 0 radical (unpaired) electrons. The van der Waals surface area contributed by atoms with Gasteiger partial charge in [-0.1, -0.05) is 13.8 Å². The summed E-state index contributed by atoms with van der Waals surface area (Å²) in [6, 6.07) is -0.308. The van der Waals surface area contributed by atoms with Crippen molar-refractivity contribution in [2.75, 3.05) is 20.1 Å². The predicted molar refractivity (Wildman–Crippen MR) is 53.5 cm³/mol. The summed E-state index contributed by atoms with van der Waals surface area (Å²) in [5.41, 5.74) is 0. The van der Waals surface area contributed by atoms with Crippen LogP contribution in [0.1, 0.15) is 20.3 Å². The Kier molecular flexibility index (Phi) is 3.17. The number of halogens is 1. The number of urea groups is 1. The number of amides is 3. The van der Waals surface area contributed by atoms with Crippen molar-refractivity contribution in [3.05, 3.63) is 0 Å². The van der Waals surface area contributed by atoms with Gasteiger partial charge in [0.1, 0.15) is 0 Å². The molecule has 3 amide bonds. The zero-order valence-corrected chi connectivity index (χ0v) is 9.54. The fourth-order valence-electron chi connectivity index (χ4n) is 1.62. The molecule has 0 saturated carbocycles. The molecular formula is C9H16ClN2O2+. The smallest absolute Gasteiger partial charge is 0.228 e. The zero-order chi connectivity index (χ0) is 10.9. The fraction of sp³-hybridized carbons (Fsp3) is 0.778. The summed E-state index contributed by atoms with van der Waals surface area (Å²) in [5.74, 6) is 0.223. The van der Waals surface area contributed by atoms with Crippen LogP contribution in [0.4, 0.5) is 4.79 Å². The molecule has 14 heavy (non-hydrogen) atoms. The van der Waals surface area contributed by atoms with E-state index in [9.17, 15) is 9.59 Å². The highest BCUT2D eigenvalue weighted by atomic mass is 35.5. The van der Waals surface area contributed by atoms with Crippen LogP contribution in [0, 0.1) is 5.92 Å². The lowest BCUT2D eigenvalue weighted by atomic mass is 10.1. The average molecular weight is 220 g/mol. The summed E-state index contributed by atoms with van der Waals surface area (Å²) in [6.45, 7) is 4.63. The molecule has 1 aliphatic heterocycles. The minimum atomic E-state index is -0.308. The molecule has 0 aromatic heterocycles. The minimum Gasteiger partial charge on any atom is -0.228 e.